The molecule has 0 fully saturated rings. The fourth-order valence-corrected chi connectivity index (χ4v) is 3.49. The minimum Gasteiger partial charge on any atom is -0.496 e. The van der Waals surface area contributed by atoms with Crippen LogP contribution in [0.2, 0.25) is 0 Å². The third-order valence-electron chi connectivity index (χ3n) is 3.60. The van der Waals surface area contributed by atoms with E-state index in [1.165, 1.54) is 16.0 Å². The molecule has 0 aliphatic carbocycles. The molecule has 1 aromatic carbocycles. The van der Waals surface area contributed by atoms with Gasteiger partial charge in [0.2, 0.25) is 0 Å². The van der Waals surface area contributed by atoms with Crippen LogP contribution in [0.3, 0.4) is 0 Å². The molecule has 23 heavy (non-hydrogen) atoms. The number of methoxy groups -OCH3 is 1. The Labute approximate surface area is 143 Å². The Balaban J connectivity index is 2.00. The zero-order valence-corrected chi connectivity index (χ0v) is 15.1. The highest BCUT2D eigenvalue weighted by molar-refractivity contribution is 7.99. The second kappa shape index (κ2) is 9.46. The van der Waals surface area contributed by atoms with Crippen LogP contribution >= 0.6 is 11.8 Å². The number of ether oxygens (including phenoxy) is 1. The average Bonchev–Trinajstić information content (AvgIpc) is 3.08. The first kappa shape index (κ1) is 17.7. The Kier molecular flexibility index (Phi) is 7.27. The molecule has 1 aliphatic heterocycles. The maximum atomic E-state index is 5.45. The van der Waals surface area contributed by atoms with Crippen molar-refractivity contribution in [2.45, 2.75) is 31.6 Å². The smallest absolute Gasteiger partial charge is 0.132 e. The molecule has 0 unspecified atom stereocenters. The topological polar surface area (TPSA) is 33.6 Å². The minimum absolute atomic E-state index is 0.878. The summed E-state index contributed by atoms with van der Waals surface area (Å²) in [6.07, 6.45) is 8.54. The van der Waals surface area contributed by atoms with Gasteiger partial charge in [-0.1, -0.05) is 31.2 Å². The molecule has 0 atom stereocenters. The summed E-state index contributed by atoms with van der Waals surface area (Å²) in [7, 11) is 1.73. The van der Waals surface area contributed by atoms with E-state index >= 15 is 0 Å². The number of nitrogens with one attached hydrogen (secondary N) is 1. The summed E-state index contributed by atoms with van der Waals surface area (Å²) < 4.78 is 5.45. The quantitative estimate of drug-likeness (QED) is 0.567. The number of aryl methyl sites for hydroxylation is 1. The van der Waals surface area contributed by atoms with E-state index in [0.29, 0.717) is 0 Å². The van der Waals surface area contributed by atoms with Crippen molar-refractivity contribution in [3.63, 3.8) is 0 Å². The molecule has 3 nitrogen and oxygen atoms in total. The van der Waals surface area contributed by atoms with Gasteiger partial charge in [-0.05, 0) is 43.0 Å². The van der Waals surface area contributed by atoms with Gasteiger partial charge in [0.1, 0.15) is 11.6 Å². The lowest BCUT2D eigenvalue weighted by atomic mass is 10.1. The number of hydrogen-bond donors (Lipinski definition) is 1. The van der Waals surface area contributed by atoms with Gasteiger partial charge in [0.25, 0.3) is 0 Å². The predicted octanol–water partition coefficient (Wildman–Crippen LogP) is 4.38. The maximum Gasteiger partial charge on any atom is 0.132 e. The Morgan fingerprint density at radius 3 is 3.00 bits per heavy atom. The summed E-state index contributed by atoms with van der Waals surface area (Å²) in [5, 5.41) is 3.38. The van der Waals surface area contributed by atoms with Crippen LogP contribution in [0.25, 0.3) is 0 Å². The molecule has 4 heteroatoms. The lowest BCUT2D eigenvalue weighted by Crippen LogP contribution is -2.20. The Hall–Kier alpha value is -1.68. The van der Waals surface area contributed by atoms with Gasteiger partial charge in [0, 0.05) is 17.2 Å². The molecule has 1 N–H and O–H groups in total. The van der Waals surface area contributed by atoms with Crippen molar-refractivity contribution < 1.29 is 4.74 Å². The van der Waals surface area contributed by atoms with Crippen molar-refractivity contribution in [3.05, 3.63) is 47.6 Å². The SMILES string of the molecule is CC/C=C\C=C(/CCSc1cc(C)ccc1OC)C1=NCCN1. The highest BCUT2D eigenvalue weighted by atomic mass is 32.2. The van der Waals surface area contributed by atoms with Crippen LogP contribution in [0.15, 0.2) is 51.9 Å². The van der Waals surface area contributed by atoms with E-state index in [2.05, 4.69) is 54.5 Å². The van der Waals surface area contributed by atoms with E-state index < -0.39 is 0 Å². The molecule has 0 aromatic heterocycles. The number of aliphatic imine (C=N–C) groups is 1. The fourth-order valence-electron chi connectivity index (χ4n) is 2.38. The van der Waals surface area contributed by atoms with E-state index in [0.717, 1.165) is 43.3 Å². The van der Waals surface area contributed by atoms with Crippen LogP contribution in [0.5, 0.6) is 5.75 Å². The van der Waals surface area contributed by atoms with E-state index in [1.54, 1.807) is 7.11 Å². The Morgan fingerprint density at radius 1 is 1.43 bits per heavy atom. The molecule has 2 rings (SSSR count). The van der Waals surface area contributed by atoms with Gasteiger partial charge in [-0.15, -0.1) is 11.8 Å². The standard InChI is InChI=1S/C19H26N2OS/c1-4-5-6-7-16(19-20-11-12-21-19)10-13-23-18-14-15(2)8-9-17(18)22-3/h5-9,14H,4,10-13H2,1-3H3,(H,20,21)/b6-5-,16-7+. The van der Waals surface area contributed by atoms with Crippen molar-refractivity contribution in [1.29, 1.82) is 0 Å². The monoisotopic (exact) mass is 330 g/mol. The third-order valence-corrected chi connectivity index (χ3v) is 4.63. The molecule has 0 saturated carbocycles. The van der Waals surface area contributed by atoms with Crippen LogP contribution in [-0.4, -0.2) is 31.8 Å². The molecule has 0 radical (unpaired) electrons. The zero-order chi connectivity index (χ0) is 16.5. The van der Waals surface area contributed by atoms with Gasteiger partial charge in [-0.3, -0.25) is 4.99 Å². The summed E-state index contributed by atoms with van der Waals surface area (Å²) in [5.41, 5.74) is 2.54. The molecular formula is C19H26N2OS. The molecule has 0 saturated heterocycles. The van der Waals surface area contributed by atoms with Gasteiger partial charge in [-0.2, -0.15) is 0 Å². The molecule has 1 aromatic rings. The summed E-state index contributed by atoms with van der Waals surface area (Å²) in [5.74, 6) is 3.02. The van der Waals surface area contributed by atoms with E-state index in [1.807, 2.05) is 17.8 Å². The minimum atomic E-state index is 0.878. The first-order valence-electron chi connectivity index (χ1n) is 8.16. The molecule has 1 aliphatic rings. The molecule has 0 amide bonds. The first-order valence-corrected chi connectivity index (χ1v) is 9.15. The van der Waals surface area contributed by atoms with Gasteiger partial charge < -0.3 is 10.1 Å². The number of allylic oxidation sites excluding steroid dienone is 3. The number of nitrogens with zero attached hydrogens (tertiary/aromatic N) is 1. The van der Waals surface area contributed by atoms with Crippen LogP contribution < -0.4 is 10.1 Å². The molecular weight excluding hydrogens is 304 g/mol. The lowest BCUT2D eigenvalue weighted by molar-refractivity contribution is 0.404. The Bertz CT molecular complexity index is 605. The number of benzene rings is 1. The van der Waals surface area contributed by atoms with Gasteiger partial charge in [-0.25, -0.2) is 0 Å². The Morgan fingerprint density at radius 2 is 2.30 bits per heavy atom. The third kappa shape index (κ3) is 5.47. The highest BCUT2D eigenvalue weighted by Crippen LogP contribution is 2.31. The maximum absolute atomic E-state index is 5.45. The van der Waals surface area contributed by atoms with Gasteiger partial charge >= 0.3 is 0 Å². The molecule has 0 spiro atoms. The van der Waals surface area contributed by atoms with Crippen LogP contribution in [0.1, 0.15) is 25.3 Å². The first-order chi connectivity index (χ1) is 11.2. The van der Waals surface area contributed by atoms with Crippen molar-refractivity contribution in [1.82, 2.24) is 5.32 Å². The van der Waals surface area contributed by atoms with Crippen molar-refractivity contribution >= 4 is 17.6 Å². The summed E-state index contributed by atoms with van der Waals surface area (Å²) in [6, 6.07) is 6.32. The van der Waals surface area contributed by atoms with Crippen molar-refractivity contribution in [2.75, 3.05) is 26.0 Å². The van der Waals surface area contributed by atoms with E-state index in [4.69, 9.17) is 4.74 Å². The summed E-state index contributed by atoms with van der Waals surface area (Å²) in [4.78, 5) is 5.76. The normalized spacial score (nSPS) is 14.9. The summed E-state index contributed by atoms with van der Waals surface area (Å²) >= 11 is 1.84. The molecule has 0 bridgehead atoms. The van der Waals surface area contributed by atoms with Crippen LogP contribution in [0, 0.1) is 6.92 Å². The number of thioether (sulfide) groups is 1. The number of rotatable bonds is 8. The predicted molar refractivity (Wildman–Crippen MR) is 101 cm³/mol. The fraction of sp³-hybridized carbons (Fsp3) is 0.421. The summed E-state index contributed by atoms with van der Waals surface area (Å²) in [6.45, 7) is 6.09. The lowest BCUT2D eigenvalue weighted by Gasteiger charge is -2.11. The average molecular weight is 330 g/mol. The second-order valence-corrected chi connectivity index (χ2v) is 6.57. The van der Waals surface area contributed by atoms with E-state index in [9.17, 15) is 0 Å². The van der Waals surface area contributed by atoms with Gasteiger partial charge in [0.15, 0.2) is 0 Å². The zero-order valence-electron chi connectivity index (χ0n) is 14.3. The highest BCUT2D eigenvalue weighted by Gasteiger charge is 2.11. The largest absolute Gasteiger partial charge is 0.496 e. The van der Waals surface area contributed by atoms with Crippen LogP contribution in [0.4, 0.5) is 0 Å². The second-order valence-electron chi connectivity index (χ2n) is 5.44. The number of hydrogen-bond acceptors (Lipinski definition) is 4. The van der Waals surface area contributed by atoms with Gasteiger partial charge in [0.05, 0.1) is 13.7 Å². The molecule has 1 heterocycles. The van der Waals surface area contributed by atoms with E-state index in [-0.39, 0.29) is 0 Å². The van der Waals surface area contributed by atoms with Crippen LogP contribution in [-0.2, 0) is 0 Å². The number of amidine groups is 1. The van der Waals surface area contributed by atoms with Crippen molar-refractivity contribution in [3.8, 4) is 5.75 Å². The molecule has 124 valence electrons. The van der Waals surface area contributed by atoms with Crippen molar-refractivity contribution in [2.24, 2.45) is 4.99 Å².